The number of aromatic nitrogens is 1. The van der Waals surface area contributed by atoms with Crippen LogP contribution in [0.5, 0.6) is 11.5 Å². The number of thiophene rings is 1. The summed E-state index contributed by atoms with van der Waals surface area (Å²) in [7, 11) is -4.40. The van der Waals surface area contributed by atoms with E-state index in [1.54, 1.807) is 35.7 Å². The average molecular weight is 537 g/mol. The molecule has 0 atom stereocenters. The van der Waals surface area contributed by atoms with Gasteiger partial charge >= 0.3 is 6.18 Å². The van der Waals surface area contributed by atoms with Gasteiger partial charge in [0.05, 0.1) is 16.0 Å². The molecule has 1 N–H and O–H groups in total. The van der Waals surface area contributed by atoms with Crippen molar-refractivity contribution in [3.63, 3.8) is 0 Å². The molecule has 4 aromatic rings. The van der Waals surface area contributed by atoms with Crippen molar-refractivity contribution >= 4 is 32.3 Å². The molecule has 36 heavy (non-hydrogen) atoms. The van der Waals surface area contributed by atoms with Crippen molar-refractivity contribution in [3.8, 4) is 11.5 Å². The van der Waals surface area contributed by atoms with E-state index in [0.717, 1.165) is 22.5 Å². The van der Waals surface area contributed by atoms with Gasteiger partial charge in [0.25, 0.3) is 5.56 Å². The number of nitrogens with zero attached hydrogens (tertiary/aromatic N) is 1. The lowest BCUT2D eigenvalue weighted by Crippen LogP contribution is -2.32. The van der Waals surface area contributed by atoms with Crippen LogP contribution in [0.2, 0.25) is 0 Å². The molecule has 7 nitrogen and oxygen atoms in total. The van der Waals surface area contributed by atoms with Gasteiger partial charge in [0.15, 0.2) is 11.5 Å². The summed E-state index contributed by atoms with van der Waals surface area (Å²) >= 11 is 1.30. The third-order valence-corrected chi connectivity index (χ3v) is 8.29. The molecule has 2 aromatic carbocycles. The van der Waals surface area contributed by atoms with Gasteiger partial charge in [0.2, 0.25) is 10.0 Å². The number of rotatable bonds is 6. The first-order valence-corrected chi connectivity index (χ1v) is 13.1. The Morgan fingerprint density at radius 1 is 0.972 bits per heavy atom. The van der Waals surface area contributed by atoms with E-state index >= 15 is 0 Å². The minimum atomic E-state index is -4.70. The molecule has 0 amide bonds. The van der Waals surface area contributed by atoms with Gasteiger partial charge in [-0.1, -0.05) is 12.1 Å². The number of pyridine rings is 1. The fraction of sp³-hybridized carbons (Fsp3) is 0.208. The second-order valence-corrected chi connectivity index (χ2v) is 11.1. The highest BCUT2D eigenvalue weighted by atomic mass is 32.2. The summed E-state index contributed by atoms with van der Waals surface area (Å²) in [5, 5.41) is 2.36. The Morgan fingerprint density at radius 2 is 1.72 bits per heavy atom. The number of fused-ring (bicyclic) bond motifs is 2. The van der Waals surface area contributed by atoms with Crippen LogP contribution in [0.4, 0.5) is 13.2 Å². The molecule has 0 spiro atoms. The van der Waals surface area contributed by atoms with Crippen molar-refractivity contribution in [2.45, 2.75) is 24.2 Å². The van der Waals surface area contributed by atoms with Crippen LogP contribution in [0.3, 0.4) is 0 Å². The Balaban J connectivity index is 1.56. The Kier molecular flexibility index (Phi) is 6.27. The first-order valence-electron chi connectivity index (χ1n) is 10.8. The van der Waals surface area contributed by atoms with Gasteiger partial charge in [-0.15, -0.1) is 11.3 Å². The Labute approximate surface area is 207 Å². The third-order valence-electron chi connectivity index (χ3n) is 5.64. The number of sulfonamides is 1. The van der Waals surface area contributed by atoms with E-state index in [2.05, 4.69) is 4.98 Å². The molecule has 0 unspecified atom stereocenters. The summed E-state index contributed by atoms with van der Waals surface area (Å²) in [6.07, 6.45) is -4.70. The fourth-order valence-corrected chi connectivity index (χ4v) is 6.12. The summed E-state index contributed by atoms with van der Waals surface area (Å²) in [4.78, 5) is 15.8. The van der Waals surface area contributed by atoms with Crippen LogP contribution in [-0.4, -0.2) is 30.9 Å². The van der Waals surface area contributed by atoms with Crippen LogP contribution in [0.25, 0.3) is 10.9 Å². The fourth-order valence-electron chi connectivity index (χ4n) is 3.88. The standard InChI is InChI=1S/C24H19F3N2O5S2/c25-24(26,27)17-3-1-5-19(11-17)36(31,32)29(14-18-4-2-8-35-18)13-16-9-15-10-21-22(34-7-6-33-21)12-20(15)28-23(16)30/h1-5,8-12H,6-7,13-14H2,(H,28,30). The molecular weight excluding hydrogens is 517 g/mol. The minimum absolute atomic E-state index is 0.116. The summed E-state index contributed by atoms with van der Waals surface area (Å²) in [6, 6.07) is 11.9. The highest BCUT2D eigenvalue weighted by molar-refractivity contribution is 7.89. The van der Waals surface area contributed by atoms with E-state index in [1.807, 2.05) is 0 Å². The molecule has 12 heteroatoms. The SMILES string of the molecule is O=c1[nH]c2cc3c(cc2cc1CN(Cc1cccs1)S(=O)(=O)c1cccc(C(F)(F)F)c1)OCCO3. The van der Waals surface area contributed by atoms with Gasteiger partial charge in [-0.05, 0) is 41.8 Å². The van der Waals surface area contributed by atoms with E-state index in [4.69, 9.17) is 9.47 Å². The van der Waals surface area contributed by atoms with Crippen LogP contribution < -0.4 is 15.0 Å². The minimum Gasteiger partial charge on any atom is -0.486 e. The highest BCUT2D eigenvalue weighted by Crippen LogP contribution is 2.34. The monoisotopic (exact) mass is 536 g/mol. The predicted molar refractivity (Wildman–Crippen MR) is 128 cm³/mol. The highest BCUT2D eigenvalue weighted by Gasteiger charge is 2.33. The molecule has 0 saturated carbocycles. The number of nitrogens with one attached hydrogen (secondary N) is 1. The maximum atomic E-state index is 13.5. The molecule has 2 aromatic heterocycles. The maximum Gasteiger partial charge on any atom is 0.416 e. The lowest BCUT2D eigenvalue weighted by molar-refractivity contribution is -0.137. The Morgan fingerprint density at radius 3 is 2.42 bits per heavy atom. The second-order valence-electron chi connectivity index (χ2n) is 8.08. The first kappa shape index (κ1) is 24.3. The normalized spacial score (nSPS) is 13.9. The molecule has 1 aliphatic rings. The number of H-pyrrole nitrogens is 1. The molecule has 5 rings (SSSR count). The summed E-state index contributed by atoms with van der Waals surface area (Å²) in [6.45, 7) is 0.287. The lowest BCUT2D eigenvalue weighted by atomic mass is 10.1. The zero-order valence-electron chi connectivity index (χ0n) is 18.5. The van der Waals surface area contributed by atoms with E-state index < -0.39 is 32.2 Å². The number of ether oxygens (including phenoxy) is 2. The molecule has 1 aliphatic heterocycles. The van der Waals surface area contributed by atoms with Crippen molar-refractivity contribution in [2.24, 2.45) is 0 Å². The van der Waals surface area contributed by atoms with Crippen LogP contribution in [0.1, 0.15) is 16.0 Å². The molecule has 3 heterocycles. The maximum absolute atomic E-state index is 13.5. The Hall–Kier alpha value is -3.35. The quantitative estimate of drug-likeness (QED) is 0.384. The van der Waals surface area contributed by atoms with E-state index in [1.165, 1.54) is 11.3 Å². The van der Waals surface area contributed by atoms with Gasteiger partial charge in [0.1, 0.15) is 13.2 Å². The van der Waals surface area contributed by atoms with Crippen molar-refractivity contribution in [3.05, 3.63) is 86.3 Å². The predicted octanol–water partition coefficient (Wildman–Crippen LogP) is 4.77. The summed E-state index contributed by atoms with van der Waals surface area (Å²) in [5.74, 6) is 0.988. The van der Waals surface area contributed by atoms with Gasteiger partial charge in [-0.3, -0.25) is 4.79 Å². The van der Waals surface area contributed by atoms with E-state index in [0.29, 0.717) is 46.6 Å². The van der Waals surface area contributed by atoms with Crippen LogP contribution in [0, 0.1) is 0 Å². The van der Waals surface area contributed by atoms with Gasteiger partial charge < -0.3 is 14.5 Å². The average Bonchev–Trinajstić information content (AvgIpc) is 3.35. The number of halogens is 3. The van der Waals surface area contributed by atoms with Crippen LogP contribution in [-0.2, 0) is 29.3 Å². The van der Waals surface area contributed by atoms with Gasteiger partial charge in [-0.2, -0.15) is 17.5 Å². The molecule has 0 radical (unpaired) electrons. The summed E-state index contributed by atoms with van der Waals surface area (Å²) < 4.78 is 79.0. The van der Waals surface area contributed by atoms with Crippen LogP contribution >= 0.6 is 11.3 Å². The zero-order valence-corrected chi connectivity index (χ0v) is 20.2. The molecule has 188 valence electrons. The molecule has 0 bridgehead atoms. The first-order chi connectivity index (χ1) is 17.1. The van der Waals surface area contributed by atoms with Crippen molar-refractivity contribution in [2.75, 3.05) is 13.2 Å². The largest absolute Gasteiger partial charge is 0.486 e. The van der Waals surface area contributed by atoms with Crippen molar-refractivity contribution in [1.82, 2.24) is 9.29 Å². The van der Waals surface area contributed by atoms with E-state index in [-0.39, 0.29) is 18.7 Å². The molecule has 0 fully saturated rings. The third kappa shape index (κ3) is 4.84. The van der Waals surface area contributed by atoms with Crippen LogP contribution in [0.15, 0.2) is 69.7 Å². The zero-order chi connectivity index (χ0) is 25.5. The van der Waals surface area contributed by atoms with E-state index in [9.17, 15) is 26.4 Å². The number of hydrogen-bond donors (Lipinski definition) is 1. The number of alkyl halides is 3. The molecule has 0 saturated heterocycles. The second kappa shape index (κ2) is 9.26. The molecule has 0 aliphatic carbocycles. The smallest absolute Gasteiger partial charge is 0.416 e. The van der Waals surface area contributed by atoms with Crippen molar-refractivity contribution in [1.29, 1.82) is 0 Å². The lowest BCUT2D eigenvalue weighted by Gasteiger charge is -2.22. The number of aromatic amines is 1. The number of benzene rings is 2. The number of hydrogen-bond acceptors (Lipinski definition) is 6. The topological polar surface area (TPSA) is 88.7 Å². The summed E-state index contributed by atoms with van der Waals surface area (Å²) in [5.41, 5.74) is -0.977. The van der Waals surface area contributed by atoms with Gasteiger partial charge in [0, 0.05) is 35.0 Å². The van der Waals surface area contributed by atoms with Crippen molar-refractivity contribution < 1.29 is 31.1 Å². The Bertz CT molecular complexity index is 1580. The molecular formula is C24H19F3N2O5S2. The van der Waals surface area contributed by atoms with Gasteiger partial charge in [-0.25, -0.2) is 8.42 Å².